The minimum atomic E-state index is 0.593. The van der Waals surface area contributed by atoms with Gasteiger partial charge >= 0.3 is 0 Å². The summed E-state index contributed by atoms with van der Waals surface area (Å²) < 4.78 is 0. The Kier molecular flexibility index (Phi) is 9.39. The van der Waals surface area contributed by atoms with Gasteiger partial charge in [0.25, 0.3) is 0 Å². The van der Waals surface area contributed by atoms with Crippen LogP contribution in [0.1, 0.15) is 35.5 Å². The van der Waals surface area contributed by atoms with E-state index in [1.807, 2.05) is 48.5 Å². The molecule has 0 saturated carbocycles. The normalized spacial score (nSPS) is 9.67. The van der Waals surface area contributed by atoms with Gasteiger partial charge in [-0.25, -0.2) is 15.0 Å². The second kappa shape index (κ2) is 13.9. The zero-order valence-corrected chi connectivity index (χ0v) is 20.1. The highest BCUT2D eigenvalue weighted by Gasteiger charge is 1.94. The molecular formula is C33H27N3. The zero-order chi connectivity index (χ0) is 24.7. The Morgan fingerprint density at radius 2 is 1.11 bits per heavy atom. The van der Waals surface area contributed by atoms with Crippen LogP contribution in [0.25, 0.3) is 10.9 Å². The summed E-state index contributed by atoms with van der Waals surface area (Å²) in [6.07, 6.45) is 7.06. The first-order valence-corrected chi connectivity index (χ1v) is 12.1. The molecule has 5 aromatic rings. The lowest BCUT2D eigenvalue weighted by Crippen LogP contribution is -1.85. The predicted octanol–water partition coefficient (Wildman–Crippen LogP) is 6.68. The Morgan fingerprint density at radius 1 is 0.528 bits per heavy atom. The van der Waals surface area contributed by atoms with Gasteiger partial charge < -0.3 is 0 Å². The molecule has 0 atom stereocenters. The molecule has 0 spiro atoms. The van der Waals surface area contributed by atoms with Gasteiger partial charge in [-0.3, -0.25) is 0 Å². The van der Waals surface area contributed by atoms with Crippen molar-refractivity contribution < 1.29 is 0 Å². The van der Waals surface area contributed by atoms with Crippen molar-refractivity contribution in [1.82, 2.24) is 15.0 Å². The van der Waals surface area contributed by atoms with Gasteiger partial charge in [0.15, 0.2) is 0 Å². The van der Waals surface area contributed by atoms with Crippen molar-refractivity contribution in [3.63, 3.8) is 0 Å². The third-order valence-corrected chi connectivity index (χ3v) is 5.34. The molecule has 0 N–H and O–H groups in total. The summed E-state index contributed by atoms with van der Waals surface area (Å²) in [7, 11) is 0. The SMILES string of the molecule is C(#Cc1ccc2ccccc2n1)CCc1ccccc1.C(#Cc1ncccn1)CCc1ccccc1. The van der Waals surface area contributed by atoms with Crippen molar-refractivity contribution in [3.8, 4) is 23.7 Å². The second-order valence-electron chi connectivity index (χ2n) is 8.04. The summed E-state index contributed by atoms with van der Waals surface area (Å²) in [5, 5.41) is 1.15. The molecule has 3 nitrogen and oxygen atoms in total. The topological polar surface area (TPSA) is 38.7 Å². The maximum absolute atomic E-state index is 4.55. The summed E-state index contributed by atoms with van der Waals surface area (Å²) in [6, 6.07) is 34.7. The molecule has 0 fully saturated rings. The fourth-order valence-electron chi connectivity index (χ4n) is 3.50. The van der Waals surface area contributed by atoms with E-state index in [1.165, 1.54) is 11.1 Å². The number of aromatic nitrogens is 3. The first-order chi connectivity index (χ1) is 17.9. The summed E-state index contributed by atoms with van der Waals surface area (Å²) in [6.45, 7) is 0. The molecule has 0 aliphatic heterocycles. The number of aryl methyl sites for hydroxylation is 2. The van der Waals surface area contributed by atoms with Crippen LogP contribution in [0.5, 0.6) is 0 Å². The molecule has 0 amide bonds. The number of hydrogen-bond donors (Lipinski definition) is 0. The molecule has 0 saturated heterocycles. The molecule has 2 aromatic heterocycles. The van der Waals surface area contributed by atoms with E-state index in [9.17, 15) is 0 Å². The van der Waals surface area contributed by atoms with Gasteiger partial charge in [-0.2, -0.15) is 0 Å². The Bertz CT molecular complexity index is 1470. The monoisotopic (exact) mass is 465 g/mol. The molecule has 5 rings (SSSR count). The molecule has 0 radical (unpaired) electrons. The molecule has 0 aliphatic carbocycles. The molecular weight excluding hydrogens is 438 g/mol. The van der Waals surface area contributed by atoms with Crippen molar-refractivity contribution in [2.75, 3.05) is 0 Å². The largest absolute Gasteiger partial charge is 0.239 e. The number of benzene rings is 3. The van der Waals surface area contributed by atoms with Crippen LogP contribution in [0.15, 0.2) is 116 Å². The fourth-order valence-corrected chi connectivity index (χ4v) is 3.50. The van der Waals surface area contributed by atoms with Gasteiger partial charge in [-0.05, 0) is 54.0 Å². The van der Waals surface area contributed by atoms with Crippen LogP contribution in [-0.2, 0) is 12.8 Å². The Labute approximate surface area is 213 Å². The van der Waals surface area contributed by atoms with Crippen LogP contribution in [0.3, 0.4) is 0 Å². The Balaban J connectivity index is 0.000000174. The molecule has 0 unspecified atom stereocenters. The standard InChI is InChI=1S/C19H15N.C14H12N2/c1-2-8-16(9-3-1)10-4-6-12-18-15-14-17-11-5-7-13-19(17)20-18;1-2-7-13(8-3-1)9-4-5-10-14-15-11-6-12-16-14/h1-3,5,7-9,11,13-15H,4,10H2;1-3,6-8,11-12H,4,9H2. The first-order valence-electron chi connectivity index (χ1n) is 12.1. The highest BCUT2D eigenvalue weighted by Crippen LogP contribution is 2.11. The molecule has 0 aliphatic rings. The van der Waals surface area contributed by atoms with E-state index in [4.69, 9.17) is 0 Å². The van der Waals surface area contributed by atoms with E-state index in [0.29, 0.717) is 5.82 Å². The lowest BCUT2D eigenvalue weighted by atomic mass is 10.1. The number of para-hydroxylation sites is 1. The minimum Gasteiger partial charge on any atom is -0.239 e. The van der Waals surface area contributed by atoms with Crippen LogP contribution in [-0.4, -0.2) is 15.0 Å². The lowest BCUT2D eigenvalue weighted by molar-refractivity contribution is 1.03. The van der Waals surface area contributed by atoms with E-state index < -0.39 is 0 Å². The average molecular weight is 466 g/mol. The van der Waals surface area contributed by atoms with Gasteiger partial charge in [0.05, 0.1) is 5.52 Å². The first kappa shape index (κ1) is 24.4. The van der Waals surface area contributed by atoms with E-state index in [2.05, 4.69) is 87.2 Å². The molecule has 3 heteroatoms. The summed E-state index contributed by atoms with van der Waals surface area (Å²) >= 11 is 0. The van der Waals surface area contributed by atoms with Crippen LogP contribution in [0.2, 0.25) is 0 Å². The van der Waals surface area contributed by atoms with Gasteiger partial charge in [0.1, 0.15) is 5.69 Å². The third kappa shape index (κ3) is 8.24. The molecule has 36 heavy (non-hydrogen) atoms. The molecule has 0 bridgehead atoms. The minimum absolute atomic E-state index is 0.593. The Morgan fingerprint density at radius 3 is 1.78 bits per heavy atom. The second-order valence-corrected chi connectivity index (χ2v) is 8.04. The molecule has 174 valence electrons. The summed E-state index contributed by atoms with van der Waals surface area (Å²) in [4.78, 5) is 12.6. The van der Waals surface area contributed by atoms with Crippen LogP contribution >= 0.6 is 0 Å². The molecule has 3 aromatic carbocycles. The van der Waals surface area contributed by atoms with Gasteiger partial charge in [-0.15, -0.1) is 0 Å². The van der Waals surface area contributed by atoms with Crippen molar-refractivity contribution in [3.05, 3.63) is 138 Å². The summed E-state index contributed by atoms with van der Waals surface area (Å²) in [5.41, 5.74) is 4.48. The summed E-state index contributed by atoms with van der Waals surface area (Å²) in [5.74, 6) is 13.0. The van der Waals surface area contributed by atoms with Crippen LogP contribution in [0.4, 0.5) is 0 Å². The maximum atomic E-state index is 4.55. The van der Waals surface area contributed by atoms with Crippen molar-refractivity contribution >= 4 is 10.9 Å². The zero-order valence-electron chi connectivity index (χ0n) is 20.1. The Hall–Kier alpha value is -4.73. The van der Waals surface area contributed by atoms with Gasteiger partial charge in [0, 0.05) is 30.6 Å². The van der Waals surface area contributed by atoms with Gasteiger partial charge in [-0.1, -0.05) is 96.8 Å². The number of nitrogens with zero attached hydrogens (tertiary/aromatic N) is 3. The smallest absolute Gasteiger partial charge is 0.204 e. The van der Waals surface area contributed by atoms with E-state index in [1.54, 1.807) is 18.5 Å². The average Bonchev–Trinajstić information content (AvgIpc) is 2.95. The van der Waals surface area contributed by atoms with E-state index in [-0.39, 0.29) is 0 Å². The van der Waals surface area contributed by atoms with Crippen molar-refractivity contribution in [2.24, 2.45) is 0 Å². The third-order valence-electron chi connectivity index (χ3n) is 5.34. The maximum Gasteiger partial charge on any atom is 0.204 e. The van der Waals surface area contributed by atoms with Gasteiger partial charge in [0.2, 0.25) is 5.82 Å². The van der Waals surface area contributed by atoms with Crippen LogP contribution in [0, 0.1) is 23.7 Å². The highest BCUT2D eigenvalue weighted by atomic mass is 14.8. The number of rotatable bonds is 4. The predicted molar refractivity (Wildman–Crippen MR) is 147 cm³/mol. The van der Waals surface area contributed by atoms with E-state index >= 15 is 0 Å². The van der Waals surface area contributed by atoms with Crippen molar-refractivity contribution in [1.29, 1.82) is 0 Å². The number of fused-ring (bicyclic) bond motifs is 1. The van der Waals surface area contributed by atoms with Crippen LogP contribution < -0.4 is 0 Å². The number of hydrogen-bond acceptors (Lipinski definition) is 3. The molecule has 2 heterocycles. The number of pyridine rings is 1. The quantitative estimate of drug-likeness (QED) is 0.278. The highest BCUT2D eigenvalue weighted by molar-refractivity contribution is 5.78. The fraction of sp³-hybridized carbons (Fsp3) is 0.121. The van der Waals surface area contributed by atoms with E-state index in [0.717, 1.165) is 42.3 Å². The van der Waals surface area contributed by atoms with Crippen molar-refractivity contribution in [2.45, 2.75) is 25.7 Å². The lowest BCUT2D eigenvalue weighted by Gasteiger charge is -1.97.